The van der Waals surface area contributed by atoms with Gasteiger partial charge in [0.2, 0.25) is 0 Å². The molecular formula is C7H5N3O2. The minimum atomic E-state index is -1.00. The van der Waals surface area contributed by atoms with Crippen molar-refractivity contribution in [2.24, 2.45) is 0 Å². The minimum Gasteiger partial charge on any atom is -0.477 e. The molecule has 60 valence electrons. The highest BCUT2D eigenvalue weighted by Crippen LogP contribution is 2.03. The van der Waals surface area contributed by atoms with Gasteiger partial charge in [0.25, 0.3) is 0 Å². The lowest BCUT2D eigenvalue weighted by Crippen LogP contribution is -2.01. The Balaban J connectivity index is 2.79. The Hall–Kier alpha value is -1.91. The van der Waals surface area contributed by atoms with Crippen LogP contribution in [0.3, 0.4) is 0 Å². The lowest BCUT2D eigenvalue weighted by atomic mass is 10.5. The molecule has 0 atom stereocenters. The molecule has 2 rings (SSSR count). The normalized spacial score (nSPS) is 10.3. The van der Waals surface area contributed by atoms with Gasteiger partial charge < -0.3 is 5.11 Å². The average Bonchev–Trinajstić information content (AvgIpc) is 2.47. The number of imidazole rings is 1. The van der Waals surface area contributed by atoms with E-state index in [9.17, 15) is 4.79 Å². The summed E-state index contributed by atoms with van der Waals surface area (Å²) in [6.45, 7) is 0. The van der Waals surface area contributed by atoms with E-state index in [0.717, 1.165) is 0 Å². The summed E-state index contributed by atoms with van der Waals surface area (Å²) >= 11 is 0. The van der Waals surface area contributed by atoms with E-state index in [4.69, 9.17) is 5.11 Å². The van der Waals surface area contributed by atoms with Crippen molar-refractivity contribution in [3.8, 4) is 0 Å². The van der Waals surface area contributed by atoms with E-state index in [-0.39, 0.29) is 5.69 Å². The van der Waals surface area contributed by atoms with Crippen molar-refractivity contribution in [2.45, 2.75) is 0 Å². The van der Waals surface area contributed by atoms with Crippen molar-refractivity contribution < 1.29 is 9.90 Å². The summed E-state index contributed by atoms with van der Waals surface area (Å²) in [6, 6.07) is 1.65. The second-order valence-corrected chi connectivity index (χ2v) is 2.26. The minimum absolute atomic E-state index is 0.123. The van der Waals surface area contributed by atoms with Crippen LogP contribution in [-0.4, -0.2) is 25.4 Å². The molecule has 0 radical (unpaired) electrons. The van der Waals surface area contributed by atoms with Crippen molar-refractivity contribution in [3.63, 3.8) is 0 Å². The van der Waals surface area contributed by atoms with Crippen molar-refractivity contribution in [3.05, 3.63) is 30.5 Å². The zero-order valence-electron chi connectivity index (χ0n) is 6.01. The Bertz CT molecular complexity index is 435. The number of carboxylic acid groups (broad SMARTS) is 1. The number of nitrogens with zero attached hydrogens (tertiary/aromatic N) is 3. The molecule has 0 saturated heterocycles. The molecule has 5 heteroatoms. The third-order valence-electron chi connectivity index (χ3n) is 1.54. The monoisotopic (exact) mass is 163 g/mol. The number of carboxylic acids is 1. The van der Waals surface area contributed by atoms with Gasteiger partial charge in [-0.25, -0.2) is 14.8 Å². The summed E-state index contributed by atoms with van der Waals surface area (Å²) < 4.78 is 1.42. The van der Waals surface area contributed by atoms with Crippen molar-refractivity contribution >= 4 is 11.6 Å². The topological polar surface area (TPSA) is 67.5 Å². The van der Waals surface area contributed by atoms with Gasteiger partial charge in [0.1, 0.15) is 12.0 Å². The fourth-order valence-electron chi connectivity index (χ4n) is 0.993. The van der Waals surface area contributed by atoms with Crippen LogP contribution < -0.4 is 0 Å². The molecule has 12 heavy (non-hydrogen) atoms. The first-order valence-electron chi connectivity index (χ1n) is 3.29. The summed E-state index contributed by atoms with van der Waals surface area (Å²) in [7, 11) is 0. The van der Waals surface area contributed by atoms with Crippen LogP contribution in [0.2, 0.25) is 0 Å². The van der Waals surface area contributed by atoms with Gasteiger partial charge in [-0.1, -0.05) is 0 Å². The van der Waals surface area contributed by atoms with Gasteiger partial charge in [-0.2, -0.15) is 0 Å². The van der Waals surface area contributed by atoms with Crippen LogP contribution in [0.5, 0.6) is 0 Å². The molecule has 0 spiro atoms. The predicted molar refractivity (Wildman–Crippen MR) is 39.9 cm³/mol. The highest BCUT2D eigenvalue weighted by atomic mass is 16.4. The first-order valence-corrected chi connectivity index (χ1v) is 3.29. The van der Waals surface area contributed by atoms with E-state index >= 15 is 0 Å². The molecule has 2 heterocycles. The van der Waals surface area contributed by atoms with E-state index in [0.29, 0.717) is 5.65 Å². The Morgan fingerprint density at radius 3 is 3.17 bits per heavy atom. The quantitative estimate of drug-likeness (QED) is 0.661. The van der Waals surface area contributed by atoms with Gasteiger partial charge in [-0.05, 0) is 6.07 Å². The Morgan fingerprint density at radius 1 is 1.58 bits per heavy atom. The number of aromatic nitrogens is 3. The molecule has 2 aromatic heterocycles. The lowest BCUT2D eigenvalue weighted by Gasteiger charge is -1.92. The van der Waals surface area contributed by atoms with Crippen LogP contribution in [0, 0.1) is 0 Å². The molecule has 5 nitrogen and oxygen atoms in total. The van der Waals surface area contributed by atoms with E-state index < -0.39 is 5.97 Å². The van der Waals surface area contributed by atoms with Crippen LogP contribution in [0.25, 0.3) is 5.65 Å². The first-order chi connectivity index (χ1) is 5.79. The SMILES string of the molecule is O=C(O)c1cnc2ccncn12. The summed E-state index contributed by atoms with van der Waals surface area (Å²) in [6.07, 6.45) is 4.29. The fourth-order valence-corrected chi connectivity index (χ4v) is 0.993. The first kappa shape index (κ1) is 6.78. The van der Waals surface area contributed by atoms with Crippen molar-refractivity contribution in [2.75, 3.05) is 0 Å². The molecular weight excluding hydrogens is 158 g/mol. The summed E-state index contributed by atoms with van der Waals surface area (Å²) in [5.74, 6) is -1.00. The summed E-state index contributed by atoms with van der Waals surface area (Å²) in [4.78, 5) is 18.3. The number of rotatable bonds is 1. The van der Waals surface area contributed by atoms with Gasteiger partial charge in [-0.15, -0.1) is 0 Å². The summed E-state index contributed by atoms with van der Waals surface area (Å²) in [5, 5.41) is 8.68. The molecule has 0 aliphatic rings. The van der Waals surface area contributed by atoms with E-state index in [2.05, 4.69) is 9.97 Å². The Kier molecular flexibility index (Phi) is 1.30. The highest BCUT2D eigenvalue weighted by molar-refractivity contribution is 5.86. The molecule has 0 bridgehead atoms. The molecule has 0 saturated carbocycles. The Labute approximate surface area is 67.3 Å². The second-order valence-electron chi connectivity index (χ2n) is 2.26. The van der Waals surface area contributed by atoms with Crippen LogP contribution in [0.15, 0.2) is 24.8 Å². The van der Waals surface area contributed by atoms with E-state index in [1.54, 1.807) is 12.3 Å². The maximum Gasteiger partial charge on any atom is 0.354 e. The Morgan fingerprint density at radius 2 is 2.42 bits per heavy atom. The average molecular weight is 163 g/mol. The van der Waals surface area contributed by atoms with E-state index in [1.165, 1.54) is 16.9 Å². The van der Waals surface area contributed by atoms with Gasteiger partial charge in [0.15, 0.2) is 5.69 Å². The van der Waals surface area contributed by atoms with Gasteiger partial charge in [0.05, 0.1) is 6.20 Å². The van der Waals surface area contributed by atoms with Crippen molar-refractivity contribution in [1.82, 2.24) is 14.4 Å². The standard InChI is InChI=1S/C7H5N3O2/c11-7(12)5-3-9-6-1-2-8-4-10(5)6/h1-4H,(H,11,12). The smallest absolute Gasteiger partial charge is 0.354 e. The molecule has 0 amide bonds. The zero-order chi connectivity index (χ0) is 8.55. The molecule has 0 fully saturated rings. The fraction of sp³-hybridized carbons (Fsp3) is 0. The van der Waals surface area contributed by atoms with Crippen molar-refractivity contribution in [1.29, 1.82) is 0 Å². The molecule has 0 aromatic carbocycles. The zero-order valence-corrected chi connectivity index (χ0v) is 6.01. The van der Waals surface area contributed by atoms with Crippen LogP contribution in [-0.2, 0) is 0 Å². The molecule has 2 aromatic rings. The highest BCUT2D eigenvalue weighted by Gasteiger charge is 2.08. The number of aromatic carboxylic acids is 1. The third-order valence-corrected chi connectivity index (χ3v) is 1.54. The second kappa shape index (κ2) is 2.30. The largest absolute Gasteiger partial charge is 0.477 e. The van der Waals surface area contributed by atoms with Gasteiger partial charge >= 0.3 is 5.97 Å². The predicted octanol–water partition coefficient (Wildman–Crippen LogP) is 0.427. The molecule has 0 aliphatic carbocycles. The maximum atomic E-state index is 10.6. The third kappa shape index (κ3) is 0.833. The molecule has 0 unspecified atom stereocenters. The summed E-state index contributed by atoms with van der Waals surface area (Å²) in [5.41, 5.74) is 0.709. The number of fused-ring (bicyclic) bond motifs is 1. The molecule has 0 aliphatic heterocycles. The number of hydrogen-bond donors (Lipinski definition) is 1. The maximum absolute atomic E-state index is 10.6. The van der Waals surface area contributed by atoms with Crippen LogP contribution in [0.4, 0.5) is 0 Å². The molecule has 1 N–H and O–H groups in total. The van der Waals surface area contributed by atoms with E-state index in [1.807, 2.05) is 0 Å². The number of carbonyl (C=O) groups is 1. The lowest BCUT2D eigenvalue weighted by molar-refractivity contribution is 0.0689. The van der Waals surface area contributed by atoms with Gasteiger partial charge in [0, 0.05) is 6.20 Å². The number of hydrogen-bond acceptors (Lipinski definition) is 3. The van der Waals surface area contributed by atoms with Crippen LogP contribution >= 0.6 is 0 Å². The van der Waals surface area contributed by atoms with Crippen LogP contribution in [0.1, 0.15) is 10.5 Å². The van der Waals surface area contributed by atoms with Gasteiger partial charge in [-0.3, -0.25) is 4.40 Å².